The van der Waals surface area contributed by atoms with E-state index in [-0.39, 0.29) is 11.9 Å². The van der Waals surface area contributed by atoms with E-state index >= 15 is 0 Å². The van der Waals surface area contributed by atoms with Crippen LogP contribution in [0.4, 0.5) is 0 Å². The molecule has 1 amide bonds. The van der Waals surface area contributed by atoms with Gasteiger partial charge in [-0.15, -0.1) is 10.2 Å². The Hall–Kier alpha value is -2.37. The van der Waals surface area contributed by atoms with E-state index in [1.165, 1.54) is 25.7 Å². The van der Waals surface area contributed by atoms with Crippen molar-refractivity contribution in [3.63, 3.8) is 0 Å². The number of hydrogen-bond acceptors (Lipinski definition) is 4. The topological polar surface area (TPSA) is 69.0 Å². The number of ether oxygens (including phenoxy) is 1. The van der Waals surface area contributed by atoms with Crippen molar-refractivity contribution < 1.29 is 9.53 Å². The van der Waals surface area contributed by atoms with Gasteiger partial charge in [-0.2, -0.15) is 0 Å². The van der Waals surface area contributed by atoms with E-state index in [1.807, 2.05) is 31.2 Å². The second-order valence-electron chi connectivity index (χ2n) is 6.68. The van der Waals surface area contributed by atoms with E-state index in [0.29, 0.717) is 18.9 Å². The van der Waals surface area contributed by atoms with E-state index in [9.17, 15) is 4.79 Å². The lowest BCUT2D eigenvalue weighted by Gasteiger charge is -2.18. The van der Waals surface area contributed by atoms with Crippen molar-refractivity contribution in [3.8, 4) is 5.75 Å². The fraction of sp³-hybridized carbons (Fsp3) is 0.526. The summed E-state index contributed by atoms with van der Waals surface area (Å²) in [5, 5.41) is 11.3. The van der Waals surface area contributed by atoms with Gasteiger partial charge in [0.05, 0.1) is 13.2 Å². The number of carbonyl (C=O) groups excluding carboxylic acids is 1. The van der Waals surface area contributed by atoms with Crippen LogP contribution in [0.2, 0.25) is 0 Å². The molecule has 6 nitrogen and oxygen atoms in total. The molecule has 0 unspecified atom stereocenters. The summed E-state index contributed by atoms with van der Waals surface area (Å²) >= 11 is 0. The summed E-state index contributed by atoms with van der Waals surface area (Å²) in [6.07, 6.45) is 7.76. The molecule has 1 saturated carbocycles. The minimum atomic E-state index is -0.138. The molecule has 1 aliphatic rings. The van der Waals surface area contributed by atoms with Gasteiger partial charge in [0.2, 0.25) is 5.91 Å². The van der Waals surface area contributed by atoms with Crippen molar-refractivity contribution in [2.45, 2.75) is 57.5 Å². The highest BCUT2D eigenvalue weighted by Gasteiger charge is 2.23. The third kappa shape index (κ3) is 4.38. The standard InChI is InChI=1S/C19H26N4O2/c1-14(19-22-20-13-23(19)16-7-3-4-8-16)21-18(24)11-10-15-6-5-9-17(12-15)25-2/h5-6,9,12-14,16H,3-4,7-8,10-11H2,1-2H3,(H,21,24)/t14-/m0/s1. The number of methoxy groups -OCH3 is 1. The number of nitrogens with one attached hydrogen (secondary N) is 1. The molecule has 2 aromatic rings. The molecular formula is C19H26N4O2. The van der Waals surface area contributed by atoms with Gasteiger partial charge in [0.25, 0.3) is 0 Å². The fourth-order valence-electron chi connectivity index (χ4n) is 3.49. The predicted molar refractivity (Wildman–Crippen MR) is 95.4 cm³/mol. The quantitative estimate of drug-likeness (QED) is 0.839. The average molecular weight is 342 g/mol. The predicted octanol–water partition coefficient (Wildman–Crippen LogP) is 3.21. The van der Waals surface area contributed by atoms with Crippen LogP contribution in [0.25, 0.3) is 0 Å². The van der Waals surface area contributed by atoms with Crippen LogP contribution in [0.5, 0.6) is 5.75 Å². The van der Waals surface area contributed by atoms with Crippen LogP contribution in [-0.2, 0) is 11.2 Å². The first-order valence-corrected chi connectivity index (χ1v) is 8.99. The third-order valence-corrected chi connectivity index (χ3v) is 4.86. The molecule has 0 saturated heterocycles. The number of hydrogen-bond donors (Lipinski definition) is 1. The highest BCUT2D eigenvalue weighted by molar-refractivity contribution is 5.76. The molecule has 1 aliphatic carbocycles. The van der Waals surface area contributed by atoms with Gasteiger partial charge in [-0.1, -0.05) is 25.0 Å². The van der Waals surface area contributed by atoms with Crippen LogP contribution in [0.15, 0.2) is 30.6 Å². The Morgan fingerprint density at radius 3 is 2.96 bits per heavy atom. The molecule has 1 aromatic heterocycles. The molecule has 0 spiro atoms. The van der Waals surface area contributed by atoms with Crippen molar-refractivity contribution >= 4 is 5.91 Å². The lowest BCUT2D eigenvalue weighted by molar-refractivity contribution is -0.121. The molecule has 0 aliphatic heterocycles. The van der Waals surface area contributed by atoms with Gasteiger partial charge in [0.1, 0.15) is 12.1 Å². The number of amides is 1. The molecule has 1 N–H and O–H groups in total. The molecule has 25 heavy (non-hydrogen) atoms. The van der Waals surface area contributed by atoms with Crippen LogP contribution in [0.3, 0.4) is 0 Å². The largest absolute Gasteiger partial charge is 0.497 e. The summed E-state index contributed by atoms with van der Waals surface area (Å²) in [5.74, 6) is 1.69. The van der Waals surface area contributed by atoms with Crippen molar-refractivity contribution in [1.82, 2.24) is 20.1 Å². The molecule has 134 valence electrons. The Bertz CT molecular complexity index is 707. The van der Waals surface area contributed by atoms with Crippen molar-refractivity contribution in [2.24, 2.45) is 0 Å². The number of aromatic nitrogens is 3. The Morgan fingerprint density at radius 2 is 2.20 bits per heavy atom. The van der Waals surface area contributed by atoms with Gasteiger partial charge in [0, 0.05) is 12.5 Å². The molecule has 3 rings (SSSR count). The van der Waals surface area contributed by atoms with Crippen LogP contribution < -0.4 is 10.1 Å². The molecule has 1 aromatic carbocycles. The lowest BCUT2D eigenvalue weighted by atomic mass is 10.1. The minimum Gasteiger partial charge on any atom is -0.497 e. The summed E-state index contributed by atoms with van der Waals surface area (Å²) in [5.41, 5.74) is 1.09. The maximum Gasteiger partial charge on any atom is 0.220 e. The van der Waals surface area contributed by atoms with Crippen molar-refractivity contribution in [1.29, 1.82) is 0 Å². The Labute approximate surface area is 148 Å². The minimum absolute atomic E-state index is 0.0243. The number of benzene rings is 1. The summed E-state index contributed by atoms with van der Waals surface area (Å²) in [6.45, 7) is 1.97. The van der Waals surface area contributed by atoms with E-state index in [4.69, 9.17) is 4.74 Å². The maximum atomic E-state index is 12.3. The molecule has 1 atom stereocenters. The van der Waals surface area contributed by atoms with E-state index < -0.39 is 0 Å². The van der Waals surface area contributed by atoms with Crippen molar-refractivity contribution in [3.05, 3.63) is 42.0 Å². The SMILES string of the molecule is COc1cccc(CCC(=O)N[C@@H](C)c2nncn2C2CCCC2)c1. The van der Waals surface area contributed by atoms with E-state index in [2.05, 4.69) is 20.1 Å². The van der Waals surface area contributed by atoms with Crippen LogP contribution >= 0.6 is 0 Å². The molecule has 1 heterocycles. The van der Waals surface area contributed by atoms with E-state index in [0.717, 1.165) is 17.1 Å². The Balaban J connectivity index is 1.55. The monoisotopic (exact) mass is 342 g/mol. The first kappa shape index (κ1) is 17.5. The first-order chi connectivity index (χ1) is 12.2. The number of carbonyl (C=O) groups is 1. The van der Waals surface area contributed by atoms with Crippen molar-refractivity contribution in [2.75, 3.05) is 7.11 Å². The summed E-state index contributed by atoms with van der Waals surface area (Å²) in [7, 11) is 1.65. The van der Waals surface area contributed by atoms with Crippen LogP contribution in [0.1, 0.15) is 62.5 Å². The molecule has 0 bridgehead atoms. The van der Waals surface area contributed by atoms with E-state index in [1.54, 1.807) is 13.4 Å². The van der Waals surface area contributed by atoms with Crippen LogP contribution in [0, 0.1) is 0 Å². The zero-order chi connectivity index (χ0) is 17.6. The second kappa shape index (κ2) is 8.14. The number of rotatable bonds is 7. The molecular weight excluding hydrogens is 316 g/mol. The average Bonchev–Trinajstić information content (AvgIpc) is 3.30. The summed E-state index contributed by atoms with van der Waals surface area (Å²) in [6, 6.07) is 8.16. The molecule has 0 radical (unpaired) electrons. The Morgan fingerprint density at radius 1 is 1.40 bits per heavy atom. The van der Waals surface area contributed by atoms with Gasteiger partial charge < -0.3 is 14.6 Å². The van der Waals surface area contributed by atoms with Gasteiger partial charge in [-0.3, -0.25) is 4.79 Å². The summed E-state index contributed by atoms with van der Waals surface area (Å²) < 4.78 is 7.36. The van der Waals surface area contributed by atoms with Gasteiger partial charge in [-0.25, -0.2) is 0 Å². The molecule has 1 fully saturated rings. The van der Waals surface area contributed by atoms with Crippen LogP contribution in [-0.4, -0.2) is 27.8 Å². The number of nitrogens with zero attached hydrogens (tertiary/aromatic N) is 3. The zero-order valence-corrected chi connectivity index (χ0v) is 14.9. The second-order valence-corrected chi connectivity index (χ2v) is 6.68. The zero-order valence-electron chi connectivity index (χ0n) is 14.9. The third-order valence-electron chi connectivity index (χ3n) is 4.86. The smallest absolute Gasteiger partial charge is 0.220 e. The maximum absolute atomic E-state index is 12.3. The van der Waals surface area contributed by atoms with Gasteiger partial charge in [0.15, 0.2) is 5.82 Å². The Kier molecular flexibility index (Phi) is 5.68. The number of aryl methyl sites for hydroxylation is 1. The molecule has 6 heteroatoms. The highest BCUT2D eigenvalue weighted by Crippen LogP contribution is 2.31. The lowest BCUT2D eigenvalue weighted by Crippen LogP contribution is -2.29. The summed E-state index contributed by atoms with van der Waals surface area (Å²) in [4.78, 5) is 12.3. The fourth-order valence-corrected chi connectivity index (χ4v) is 3.49. The highest BCUT2D eigenvalue weighted by atomic mass is 16.5. The first-order valence-electron chi connectivity index (χ1n) is 8.99. The normalized spacial score (nSPS) is 15.9. The van der Waals surface area contributed by atoms with Gasteiger partial charge in [-0.05, 0) is 43.9 Å². The van der Waals surface area contributed by atoms with Gasteiger partial charge >= 0.3 is 0 Å².